The van der Waals surface area contributed by atoms with E-state index >= 15 is 0 Å². The summed E-state index contributed by atoms with van der Waals surface area (Å²) in [5.41, 5.74) is 5.14. The van der Waals surface area contributed by atoms with Crippen LogP contribution in [0, 0.1) is 0 Å². The van der Waals surface area contributed by atoms with Crippen molar-refractivity contribution in [1.29, 1.82) is 0 Å². The molecular weight excluding hydrogens is 288 g/mol. The van der Waals surface area contributed by atoms with Gasteiger partial charge in [0.1, 0.15) is 12.4 Å². The first-order valence-electron chi connectivity index (χ1n) is 6.18. The maximum Gasteiger partial charge on any atom is 0.279 e. The molecule has 1 heterocycles. The molecule has 2 aromatic rings. The van der Waals surface area contributed by atoms with Crippen molar-refractivity contribution in [1.82, 2.24) is 10.9 Å². The number of nitrogens with one attached hydrogen (secondary N) is 2. The Labute approximate surface area is 126 Å². The highest BCUT2D eigenvalue weighted by Gasteiger charge is 2.09. The molecule has 108 valence electrons. The number of amides is 2. The van der Waals surface area contributed by atoms with E-state index in [1.807, 2.05) is 0 Å². The summed E-state index contributed by atoms with van der Waals surface area (Å²) in [6.45, 7) is 3.96. The fourth-order valence-electron chi connectivity index (χ4n) is 1.51. The van der Waals surface area contributed by atoms with E-state index in [0.717, 1.165) is 0 Å². The third-order valence-electron chi connectivity index (χ3n) is 2.52. The highest BCUT2D eigenvalue weighted by atomic mass is 32.1. The molecule has 2 rings (SSSR count). The van der Waals surface area contributed by atoms with Gasteiger partial charge in [-0.05, 0) is 35.7 Å². The van der Waals surface area contributed by atoms with Crippen LogP contribution in [-0.2, 0) is 0 Å². The molecule has 2 N–H and O–H groups in total. The molecule has 5 nitrogen and oxygen atoms in total. The van der Waals surface area contributed by atoms with Gasteiger partial charge in [0.05, 0.1) is 4.88 Å². The molecule has 0 spiro atoms. The first-order valence-corrected chi connectivity index (χ1v) is 7.06. The van der Waals surface area contributed by atoms with Gasteiger partial charge < -0.3 is 4.74 Å². The minimum atomic E-state index is -0.393. The molecule has 0 aliphatic heterocycles. The quantitative estimate of drug-likeness (QED) is 0.658. The first-order chi connectivity index (χ1) is 10.2. The molecule has 0 bridgehead atoms. The molecule has 0 saturated heterocycles. The molecule has 0 radical (unpaired) electrons. The number of carbonyl (C=O) groups excluding carboxylic acids is 2. The Kier molecular flexibility index (Phi) is 5.11. The van der Waals surface area contributed by atoms with Gasteiger partial charge in [-0.2, -0.15) is 0 Å². The fraction of sp³-hybridized carbons (Fsp3) is 0.0667. The third kappa shape index (κ3) is 4.19. The lowest BCUT2D eigenvalue weighted by Gasteiger charge is -2.07. The molecule has 1 aromatic heterocycles. The number of thiophene rings is 1. The van der Waals surface area contributed by atoms with Gasteiger partial charge in [0.15, 0.2) is 0 Å². The molecule has 0 unspecified atom stereocenters. The van der Waals surface area contributed by atoms with Gasteiger partial charge in [0.25, 0.3) is 11.8 Å². The number of ether oxygens (including phenoxy) is 1. The van der Waals surface area contributed by atoms with Crippen LogP contribution < -0.4 is 15.6 Å². The first kappa shape index (κ1) is 14.8. The Morgan fingerprint density at radius 2 is 1.86 bits per heavy atom. The zero-order valence-electron chi connectivity index (χ0n) is 11.2. The molecule has 0 aliphatic rings. The molecule has 1 aromatic carbocycles. The van der Waals surface area contributed by atoms with E-state index in [2.05, 4.69) is 17.4 Å². The molecule has 2 amide bonds. The summed E-state index contributed by atoms with van der Waals surface area (Å²) in [5.74, 6) is -0.0893. The Bertz CT molecular complexity index is 621. The van der Waals surface area contributed by atoms with Gasteiger partial charge in [-0.3, -0.25) is 20.4 Å². The molecular formula is C15H14N2O3S. The highest BCUT2D eigenvalue weighted by molar-refractivity contribution is 7.12. The number of rotatable bonds is 5. The van der Waals surface area contributed by atoms with Crippen LogP contribution in [0.4, 0.5) is 0 Å². The van der Waals surface area contributed by atoms with E-state index in [-0.39, 0.29) is 5.91 Å². The lowest BCUT2D eigenvalue weighted by Crippen LogP contribution is -2.41. The predicted octanol–water partition coefficient (Wildman–Crippen LogP) is 2.39. The van der Waals surface area contributed by atoms with Crippen molar-refractivity contribution in [3.05, 3.63) is 64.9 Å². The van der Waals surface area contributed by atoms with Gasteiger partial charge in [-0.1, -0.05) is 18.7 Å². The van der Waals surface area contributed by atoms with Crippen molar-refractivity contribution in [3.8, 4) is 5.75 Å². The van der Waals surface area contributed by atoms with Crippen LogP contribution in [0.3, 0.4) is 0 Å². The van der Waals surface area contributed by atoms with Crippen molar-refractivity contribution in [2.75, 3.05) is 6.61 Å². The summed E-state index contributed by atoms with van der Waals surface area (Å²) in [5, 5.41) is 1.79. The largest absolute Gasteiger partial charge is 0.490 e. The van der Waals surface area contributed by atoms with Gasteiger partial charge >= 0.3 is 0 Å². The van der Waals surface area contributed by atoms with Crippen LogP contribution in [0.2, 0.25) is 0 Å². The van der Waals surface area contributed by atoms with E-state index < -0.39 is 5.91 Å². The second-order valence-electron chi connectivity index (χ2n) is 4.01. The number of benzene rings is 1. The van der Waals surface area contributed by atoms with Crippen LogP contribution in [0.15, 0.2) is 54.4 Å². The van der Waals surface area contributed by atoms with Crippen molar-refractivity contribution >= 4 is 23.2 Å². The van der Waals surface area contributed by atoms with E-state index in [1.165, 1.54) is 11.3 Å². The minimum absolute atomic E-state index is 0.343. The number of hydrogen-bond acceptors (Lipinski definition) is 4. The average molecular weight is 302 g/mol. The molecule has 21 heavy (non-hydrogen) atoms. The van der Waals surface area contributed by atoms with E-state index in [1.54, 1.807) is 47.9 Å². The molecule has 6 heteroatoms. The maximum atomic E-state index is 11.9. The Balaban J connectivity index is 1.88. The van der Waals surface area contributed by atoms with Gasteiger partial charge in [-0.15, -0.1) is 11.3 Å². The maximum absolute atomic E-state index is 11.9. The van der Waals surface area contributed by atoms with Gasteiger partial charge in [0.2, 0.25) is 0 Å². The van der Waals surface area contributed by atoms with E-state index in [4.69, 9.17) is 4.74 Å². The summed E-state index contributed by atoms with van der Waals surface area (Å²) in [4.78, 5) is 24.1. The van der Waals surface area contributed by atoms with E-state index in [0.29, 0.717) is 22.8 Å². The Morgan fingerprint density at radius 1 is 1.14 bits per heavy atom. The average Bonchev–Trinajstić information content (AvgIpc) is 3.05. The van der Waals surface area contributed by atoms with Crippen LogP contribution in [-0.4, -0.2) is 18.4 Å². The van der Waals surface area contributed by atoms with Crippen molar-refractivity contribution in [2.24, 2.45) is 0 Å². The predicted molar refractivity (Wildman–Crippen MR) is 81.4 cm³/mol. The molecule has 0 fully saturated rings. The normalized spacial score (nSPS) is 9.71. The summed E-state index contributed by atoms with van der Waals surface area (Å²) >= 11 is 1.30. The SMILES string of the molecule is C=CCOc1ccc(C(=O)NNC(=O)c2cccs2)cc1. The Morgan fingerprint density at radius 3 is 2.48 bits per heavy atom. The summed E-state index contributed by atoms with van der Waals surface area (Å²) in [7, 11) is 0. The lowest BCUT2D eigenvalue weighted by atomic mass is 10.2. The fourth-order valence-corrected chi connectivity index (χ4v) is 2.13. The summed E-state index contributed by atoms with van der Waals surface area (Å²) < 4.78 is 5.32. The molecule has 0 atom stereocenters. The van der Waals surface area contributed by atoms with Crippen LogP contribution in [0.5, 0.6) is 5.75 Å². The minimum Gasteiger partial charge on any atom is -0.490 e. The highest BCUT2D eigenvalue weighted by Crippen LogP contribution is 2.12. The second kappa shape index (κ2) is 7.25. The van der Waals surface area contributed by atoms with E-state index in [9.17, 15) is 9.59 Å². The van der Waals surface area contributed by atoms with Crippen molar-refractivity contribution < 1.29 is 14.3 Å². The topological polar surface area (TPSA) is 67.4 Å². The monoisotopic (exact) mass is 302 g/mol. The number of carbonyl (C=O) groups is 2. The molecule has 0 aliphatic carbocycles. The van der Waals surface area contributed by atoms with Crippen LogP contribution in [0.25, 0.3) is 0 Å². The number of hydrogen-bond donors (Lipinski definition) is 2. The van der Waals surface area contributed by atoms with Crippen molar-refractivity contribution in [3.63, 3.8) is 0 Å². The standard InChI is InChI=1S/C15H14N2O3S/c1-2-9-20-12-7-5-11(6-8-12)14(18)16-17-15(19)13-4-3-10-21-13/h2-8,10H,1,9H2,(H,16,18)(H,17,19). The lowest BCUT2D eigenvalue weighted by molar-refractivity contribution is 0.0849. The Hall–Kier alpha value is -2.60. The number of hydrazine groups is 1. The van der Waals surface area contributed by atoms with Gasteiger partial charge in [0, 0.05) is 5.56 Å². The smallest absolute Gasteiger partial charge is 0.279 e. The van der Waals surface area contributed by atoms with Crippen LogP contribution >= 0.6 is 11.3 Å². The zero-order valence-corrected chi connectivity index (χ0v) is 12.0. The summed E-state index contributed by atoms with van der Waals surface area (Å²) in [6.07, 6.45) is 1.64. The second-order valence-corrected chi connectivity index (χ2v) is 4.96. The van der Waals surface area contributed by atoms with Gasteiger partial charge in [-0.25, -0.2) is 0 Å². The van der Waals surface area contributed by atoms with Crippen LogP contribution in [0.1, 0.15) is 20.0 Å². The zero-order chi connectivity index (χ0) is 15.1. The van der Waals surface area contributed by atoms with Crippen molar-refractivity contribution in [2.45, 2.75) is 0 Å². The summed E-state index contributed by atoms with van der Waals surface area (Å²) in [6, 6.07) is 10.0. The third-order valence-corrected chi connectivity index (χ3v) is 3.39. The molecule has 0 saturated carbocycles.